The predicted octanol–water partition coefficient (Wildman–Crippen LogP) is 4.12. The average Bonchev–Trinajstić information content (AvgIpc) is 3.42. The van der Waals surface area contributed by atoms with Gasteiger partial charge in [-0.15, -0.1) is 10.2 Å². The Bertz CT molecular complexity index is 1300. The molecule has 1 saturated heterocycles. The van der Waals surface area contributed by atoms with Crippen molar-refractivity contribution in [1.29, 1.82) is 0 Å². The van der Waals surface area contributed by atoms with Crippen LogP contribution in [0.3, 0.4) is 0 Å². The minimum Gasteiger partial charge on any atom is -0.338 e. The lowest BCUT2D eigenvalue weighted by Crippen LogP contribution is -2.39. The summed E-state index contributed by atoms with van der Waals surface area (Å²) in [5.41, 5.74) is 4.89. The molecule has 3 aromatic heterocycles. The topological polar surface area (TPSA) is 68.3 Å². The number of hydrogen-bond donors (Lipinski definition) is 0. The van der Waals surface area contributed by atoms with Crippen LogP contribution in [0.15, 0.2) is 54.9 Å². The molecule has 0 unspecified atom stereocenters. The number of carbonyl (C=O) groups is 1. The number of amides is 1. The van der Waals surface area contributed by atoms with Crippen molar-refractivity contribution in [3.8, 4) is 5.69 Å². The Kier molecular flexibility index (Phi) is 4.56. The Morgan fingerprint density at radius 2 is 1.84 bits per heavy atom. The van der Waals surface area contributed by atoms with Gasteiger partial charge in [-0.25, -0.2) is 4.68 Å². The van der Waals surface area contributed by atoms with Crippen LogP contribution < -0.4 is 0 Å². The van der Waals surface area contributed by atoms with Gasteiger partial charge in [0.15, 0.2) is 5.65 Å². The first kappa shape index (κ1) is 19.2. The molecule has 6 rings (SSSR count). The fourth-order valence-electron chi connectivity index (χ4n) is 4.95. The van der Waals surface area contributed by atoms with Gasteiger partial charge in [0, 0.05) is 31.1 Å². The lowest BCUT2D eigenvalue weighted by molar-refractivity contribution is 0.0703. The molecule has 0 N–H and O–H groups in total. The number of pyridine rings is 1. The molecule has 1 aromatic carbocycles. The number of hydrogen-bond acceptors (Lipinski definition) is 4. The summed E-state index contributed by atoms with van der Waals surface area (Å²) in [7, 11) is 0. The van der Waals surface area contributed by atoms with Gasteiger partial charge in [0.25, 0.3) is 5.91 Å². The van der Waals surface area contributed by atoms with Crippen LogP contribution in [0.25, 0.3) is 11.3 Å². The zero-order valence-corrected chi connectivity index (χ0v) is 18.2. The van der Waals surface area contributed by atoms with Crippen LogP contribution in [-0.2, 0) is 0 Å². The molecule has 7 nitrogen and oxygen atoms in total. The van der Waals surface area contributed by atoms with E-state index < -0.39 is 0 Å². The number of fused-ring (bicyclic) bond motifs is 1. The highest BCUT2D eigenvalue weighted by Crippen LogP contribution is 2.43. The minimum atomic E-state index is 0.0882. The molecular formula is C25H26N6O. The van der Waals surface area contributed by atoms with Crippen molar-refractivity contribution < 1.29 is 4.79 Å². The SMILES string of the molecule is Cc1ccccc1-n1ncc(C(=O)N2CCC[C@H](c3nnc4ccccn34)C2)c1C1CC1. The Balaban J connectivity index is 1.31. The molecular weight excluding hydrogens is 400 g/mol. The number of carbonyl (C=O) groups excluding carboxylic acids is 1. The molecule has 4 aromatic rings. The number of nitrogens with zero attached hydrogens (tertiary/aromatic N) is 6. The second-order valence-corrected chi connectivity index (χ2v) is 8.99. The summed E-state index contributed by atoms with van der Waals surface area (Å²) in [4.78, 5) is 15.7. The van der Waals surface area contributed by atoms with E-state index in [4.69, 9.17) is 0 Å². The van der Waals surface area contributed by atoms with Crippen molar-refractivity contribution in [2.75, 3.05) is 13.1 Å². The second kappa shape index (κ2) is 7.58. The van der Waals surface area contributed by atoms with E-state index >= 15 is 0 Å². The average molecular weight is 427 g/mol. The maximum atomic E-state index is 13.7. The summed E-state index contributed by atoms with van der Waals surface area (Å²) in [6.45, 7) is 3.52. The van der Waals surface area contributed by atoms with E-state index in [2.05, 4.69) is 34.4 Å². The highest BCUT2D eigenvalue weighted by molar-refractivity contribution is 5.95. The van der Waals surface area contributed by atoms with Gasteiger partial charge in [-0.05, 0) is 56.4 Å². The molecule has 0 radical (unpaired) electrons. The molecule has 32 heavy (non-hydrogen) atoms. The summed E-state index contributed by atoms with van der Waals surface area (Å²) in [6, 6.07) is 14.2. The van der Waals surface area contributed by atoms with Crippen molar-refractivity contribution in [2.45, 2.75) is 44.4 Å². The summed E-state index contributed by atoms with van der Waals surface area (Å²) in [5.74, 6) is 1.62. The molecule has 1 aliphatic heterocycles. The first-order chi connectivity index (χ1) is 15.7. The van der Waals surface area contributed by atoms with E-state index in [-0.39, 0.29) is 11.8 Å². The van der Waals surface area contributed by atoms with Crippen molar-refractivity contribution in [3.63, 3.8) is 0 Å². The summed E-state index contributed by atoms with van der Waals surface area (Å²) >= 11 is 0. The molecule has 4 heterocycles. The van der Waals surface area contributed by atoms with Crippen LogP contribution in [0.1, 0.15) is 65.0 Å². The predicted molar refractivity (Wildman–Crippen MR) is 121 cm³/mol. The minimum absolute atomic E-state index is 0.0882. The molecule has 162 valence electrons. The number of likely N-dealkylation sites (tertiary alicyclic amines) is 1. The van der Waals surface area contributed by atoms with Gasteiger partial charge in [0.2, 0.25) is 0 Å². The van der Waals surface area contributed by atoms with Crippen LogP contribution in [0.2, 0.25) is 0 Å². The number of para-hydroxylation sites is 1. The van der Waals surface area contributed by atoms with Gasteiger partial charge in [0.05, 0.1) is 23.1 Å². The zero-order valence-electron chi connectivity index (χ0n) is 18.2. The number of aryl methyl sites for hydroxylation is 1. The second-order valence-electron chi connectivity index (χ2n) is 8.99. The van der Waals surface area contributed by atoms with Gasteiger partial charge in [0.1, 0.15) is 5.82 Å². The molecule has 2 fully saturated rings. The standard InChI is InChI=1S/C25H26N6O/c1-17-7-2-3-9-21(17)31-23(18-11-12-18)20(15-26-31)25(32)29-13-6-8-19(16-29)24-28-27-22-10-4-5-14-30(22)24/h2-5,7,9-10,14-15,18-19H,6,8,11-13,16H2,1H3/t19-/m0/s1. The van der Waals surface area contributed by atoms with Crippen molar-refractivity contribution in [1.82, 2.24) is 29.3 Å². The van der Waals surface area contributed by atoms with E-state index in [0.717, 1.165) is 66.2 Å². The monoisotopic (exact) mass is 426 g/mol. The molecule has 1 amide bonds. The van der Waals surface area contributed by atoms with Crippen LogP contribution in [0, 0.1) is 6.92 Å². The molecule has 1 aliphatic carbocycles. The van der Waals surface area contributed by atoms with E-state index in [9.17, 15) is 4.79 Å². The maximum Gasteiger partial charge on any atom is 0.257 e. The van der Waals surface area contributed by atoms with Gasteiger partial charge >= 0.3 is 0 Å². The van der Waals surface area contributed by atoms with Crippen molar-refractivity contribution in [2.24, 2.45) is 0 Å². The first-order valence-electron chi connectivity index (χ1n) is 11.4. The first-order valence-corrected chi connectivity index (χ1v) is 11.4. The number of piperidine rings is 1. The Labute approximate surface area is 186 Å². The summed E-state index contributed by atoms with van der Waals surface area (Å²) in [6.07, 6.45) is 7.99. The van der Waals surface area contributed by atoms with Crippen LogP contribution in [-0.4, -0.2) is 48.3 Å². The molecule has 7 heteroatoms. The molecule has 1 saturated carbocycles. The van der Waals surface area contributed by atoms with Gasteiger partial charge in [-0.2, -0.15) is 5.10 Å². The lowest BCUT2D eigenvalue weighted by Gasteiger charge is -2.32. The molecule has 1 atom stereocenters. The van der Waals surface area contributed by atoms with Gasteiger partial charge in [-0.1, -0.05) is 24.3 Å². The molecule has 0 bridgehead atoms. The van der Waals surface area contributed by atoms with Gasteiger partial charge in [-0.3, -0.25) is 9.20 Å². The number of rotatable bonds is 4. The van der Waals surface area contributed by atoms with Crippen molar-refractivity contribution in [3.05, 3.63) is 77.5 Å². The fourth-order valence-corrected chi connectivity index (χ4v) is 4.95. The highest BCUT2D eigenvalue weighted by atomic mass is 16.2. The van der Waals surface area contributed by atoms with E-state index in [1.165, 1.54) is 0 Å². The van der Waals surface area contributed by atoms with E-state index in [1.54, 1.807) is 6.20 Å². The quantitative estimate of drug-likeness (QED) is 0.492. The molecule has 2 aliphatic rings. The zero-order chi connectivity index (χ0) is 21.7. The molecule has 0 spiro atoms. The van der Waals surface area contributed by atoms with Crippen LogP contribution in [0.4, 0.5) is 0 Å². The van der Waals surface area contributed by atoms with Crippen LogP contribution in [0.5, 0.6) is 0 Å². The summed E-state index contributed by atoms with van der Waals surface area (Å²) < 4.78 is 4.04. The Morgan fingerprint density at radius 1 is 1.00 bits per heavy atom. The van der Waals surface area contributed by atoms with Crippen molar-refractivity contribution >= 4 is 11.6 Å². The van der Waals surface area contributed by atoms with E-state index in [1.807, 2.05) is 50.5 Å². The number of benzene rings is 1. The normalized spacial score (nSPS) is 18.9. The van der Waals surface area contributed by atoms with E-state index in [0.29, 0.717) is 12.5 Å². The highest BCUT2D eigenvalue weighted by Gasteiger charge is 2.36. The lowest BCUT2D eigenvalue weighted by atomic mass is 9.96. The Hall–Kier alpha value is -3.48. The Morgan fingerprint density at radius 3 is 2.69 bits per heavy atom. The third kappa shape index (κ3) is 3.20. The third-order valence-corrected chi connectivity index (χ3v) is 6.76. The maximum absolute atomic E-state index is 13.7. The number of aromatic nitrogens is 5. The van der Waals surface area contributed by atoms with Gasteiger partial charge < -0.3 is 4.90 Å². The largest absolute Gasteiger partial charge is 0.338 e. The summed E-state index contributed by atoms with van der Waals surface area (Å²) in [5, 5.41) is 13.4. The van der Waals surface area contributed by atoms with Crippen LogP contribution >= 0.6 is 0 Å². The fraction of sp³-hybridized carbons (Fsp3) is 0.360. The third-order valence-electron chi connectivity index (χ3n) is 6.76. The smallest absolute Gasteiger partial charge is 0.257 e.